The summed E-state index contributed by atoms with van der Waals surface area (Å²) in [6, 6.07) is 4.18. The third-order valence-corrected chi connectivity index (χ3v) is 3.54. The third kappa shape index (κ3) is 4.70. The Morgan fingerprint density at radius 3 is 2.57 bits per heavy atom. The van der Waals surface area contributed by atoms with Crippen molar-refractivity contribution in [2.45, 2.75) is 32.6 Å². The lowest BCUT2D eigenvalue weighted by molar-refractivity contribution is -0.138. The summed E-state index contributed by atoms with van der Waals surface area (Å²) in [6.07, 6.45) is -0.0317. The lowest BCUT2D eigenvalue weighted by Gasteiger charge is -2.25. The molecule has 0 aliphatic heterocycles. The number of halogens is 2. The van der Waals surface area contributed by atoms with Crippen LogP contribution in [0, 0.1) is 11.7 Å². The zero-order valence-electron chi connectivity index (χ0n) is 12.2. The van der Waals surface area contributed by atoms with E-state index in [1.165, 1.54) is 18.2 Å². The molecule has 1 rings (SSSR count). The molecule has 0 radical (unpaired) electrons. The van der Waals surface area contributed by atoms with Crippen LogP contribution in [0.3, 0.4) is 0 Å². The number of hydrogen-bond donors (Lipinski definition) is 2. The van der Waals surface area contributed by atoms with Crippen molar-refractivity contribution in [3.05, 3.63) is 34.6 Å². The first-order valence-corrected chi connectivity index (χ1v) is 6.98. The van der Waals surface area contributed by atoms with E-state index in [9.17, 15) is 14.0 Å². The molecule has 0 spiro atoms. The highest BCUT2D eigenvalue weighted by Gasteiger charge is 2.32. The van der Waals surface area contributed by atoms with E-state index in [2.05, 4.69) is 5.32 Å². The summed E-state index contributed by atoms with van der Waals surface area (Å²) in [7, 11) is 0. The molecule has 116 valence electrons. The Bertz CT molecular complexity index is 546. The predicted molar refractivity (Wildman–Crippen MR) is 78.9 cm³/mol. The van der Waals surface area contributed by atoms with Gasteiger partial charge in [0.2, 0.25) is 5.91 Å². The molecule has 1 aromatic carbocycles. The molecule has 0 saturated carbocycles. The summed E-state index contributed by atoms with van der Waals surface area (Å²) in [4.78, 5) is 22.8. The van der Waals surface area contributed by atoms with Gasteiger partial charge in [-0.05, 0) is 31.9 Å². The fourth-order valence-electron chi connectivity index (χ4n) is 1.98. The second-order valence-corrected chi connectivity index (χ2v) is 6.10. The summed E-state index contributed by atoms with van der Waals surface area (Å²) >= 11 is 5.70. The number of carboxylic acid groups (broad SMARTS) is 1. The van der Waals surface area contributed by atoms with Crippen LogP contribution in [0.15, 0.2) is 18.2 Å². The van der Waals surface area contributed by atoms with Gasteiger partial charge in [-0.1, -0.05) is 24.6 Å². The first-order valence-electron chi connectivity index (χ1n) is 6.60. The minimum Gasteiger partial charge on any atom is -0.481 e. The highest BCUT2D eigenvalue weighted by molar-refractivity contribution is 6.30. The van der Waals surface area contributed by atoms with Gasteiger partial charge < -0.3 is 10.4 Å². The van der Waals surface area contributed by atoms with E-state index in [0.29, 0.717) is 0 Å². The Labute approximate surface area is 128 Å². The van der Waals surface area contributed by atoms with Crippen molar-refractivity contribution in [3.63, 3.8) is 0 Å². The Morgan fingerprint density at radius 1 is 1.43 bits per heavy atom. The number of benzene rings is 1. The standard InChI is InChI=1S/C15H19ClFNO3/c1-9(6-13(19)20)8-18-14(21)15(2,3)11-5-4-10(16)7-12(11)17/h4-5,7,9H,6,8H2,1-3H3,(H,18,21)(H,19,20). The number of carbonyl (C=O) groups is 2. The molecule has 6 heteroatoms. The number of rotatable bonds is 6. The monoisotopic (exact) mass is 315 g/mol. The van der Waals surface area contributed by atoms with E-state index >= 15 is 0 Å². The van der Waals surface area contributed by atoms with Crippen LogP contribution in [0.2, 0.25) is 5.02 Å². The van der Waals surface area contributed by atoms with Crippen LogP contribution in [0.5, 0.6) is 0 Å². The van der Waals surface area contributed by atoms with Gasteiger partial charge in [0.15, 0.2) is 0 Å². The molecule has 1 atom stereocenters. The average molecular weight is 316 g/mol. The van der Waals surface area contributed by atoms with Crippen LogP contribution in [0.4, 0.5) is 4.39 Å². The first-order chi connectivity index (χ1) is 9.64. The van der Waals surface area contributed by atoms with Crippen molar-refractivity contribution in [1.82, 2.24) is 5.32 Å². The molecule has 0 aromatic heterocycles. The van der Waals surface area contributed by atoms with Crippen molar-refractivity contribution < 1.29 is 19.1 Å². The summed E-state index contributed by atoms with van der Waals surface area (Å²) in [5.41, 5.74) is -0.826. The molecular weight excluding hydrogens is 297 g/mol. The number of carboxylic acids is 1. The van der Waals surface area contributed by atoms with Crippen molar-refractivity contribution in [1.29, 1.82) is 0 Å². The number of aliphatic carboxylic acids is 1. The van der Waals surface area contributed by atoms with E-state index in [1.54, 1.807) is 20.8 Å². The normalized spacial score (nSPS) is 12.8. The third-order valence-electron chi connectivity index (χ3n) is 3.31. The molecule has 0 aliphatic rings. The average Bonchev–Trinajstić information content (AvgIpc) is 2.34. The highest BCUT2D eigenvalue weighted by atomic mass is 35.5. The van der Waals surface area contributed by atoms with Crippen LogP contribution in [0.25, 0.3) is 0 Å². The van der Waals surface area contributed by atoms with E-state index in [0.717, 1.165) is 0 Å². The molecule has 0 bridgehead atoms. The van der Waals surface area contributed by atoms with Crippen LogP contribution in [-0.2, 0) is 15.0 Å². The molecule has 1 aromatic rings. The number of carbonyl (C=O) groups excluding carboxylic acids is 1. The largest absolute Gasteiger partial charge is 0.481 e. The summed E-state index contributed by atoms with van der Waals surface area (Å²) in [5.74, 6) is -2.01. The maximum atomic E-state index is 13.9. The number of amides is 1. The first kappa shape index (κ1) is 17.4. The quantitative estimate of drug-likeness (QED) is 0.848. The van der Waals surface area contributed by atoms with Gasteiger partial charge in [-0.3, -0.25) is 9.59 Å². The number of nitrogens with one attached hydrogen (secondary N) is 1. The molecule has 0 fully saturated rings. The minimum atomic E-state index is -1.07. The molecule has 1 unspecified atom stereocenters. The topological polar surface area (TPSA) is 66.4 Å². The van der Waals surface area contributed by atoms with Gasteiger partial charge in [-0.2, -0.15) is 0 Å². The molecule has 0 heterocycles. The molecule has 1 amide bonds. The maximum Gasteiger partial charge on any atom is 0.303 e. The second kappa shape index (κ2) is 6.89. The lowest BCUT2D eigenvalue weighted by atomic mass is 9.83. The van der Waals surface area contributed by atoms with Gasteiger partial charge in [0.1, 0.15) is 5.82 Å². The van der Waals surface area contributed by atoms with Gasteiger partial charge in [-0.15, -0.1) is 0 Å². The van der Waals surface area contributed by atoms with Gasteiger partial charge in [0.25, 0.3) is 0 Å². The van der Waals surface area contributed by atoms with Crippen molar-refractivity contribution in [2.75, 3.05) is 6.54 Å². The summed E-state index contributed by atoms with van der Waals surface area (Å²) < 4.78 is 13.9. The van der Waals surface area contributed by atoms with E-state index < -0.39 is 17.2 Å². The Balaban J connectivity index is 2.77. The van der Waals surface area contributed by atoms with E-state index in [1.807, 2.05) is 0 Å². The van der Waals surface area contributed by atoms with E-state index in [-0.39, 0.29) is 35.4 Å². The Morgan fingerprint density at radius 2 is 2.05 bits per heavy atom. The Hall–Kier alpha value is -1.62. The number of hydrogen-bond acceptors (Lipinski definition) is 2. The molecule has 0 saturated heterocycles. The van der Waals surface area contributed by atoms with Gasteiger partial charge in [0, 0.05) is 23.6 Å². The molecule has 2 N–H and O–H groups in total. The Kier molecular flexibility index (Phi) is 5.72. The minimum absolute atomic E-state index is 0.0317. The zero-order chi connectivity index (χ0) is 16.2. The lowest BCUT2D eigenvalue weighted by Crippen LogP contribution is -2.42. The maximum absolute atomic E-state index is 13.9. The molecule has 0 aliphatic carbocycles. The van der Waals surface area contributed by atoms with E-state index in [4.69, 9.17) is 16.7 Å². The molecular formula is C15H19ClFNO3. The predicted octanol–water partition coefficient (Wildman–Crippen LogP) is 2.98. The van der Waals surface area contributed by atoms with Crippen LogP contribution in [-0.4, -0.2) is 23.5 Å². The van der Waals surface area contributed by atoms with Crippen LogP contribution >= 0.6 is 11.6 Å². The van der Waals surface area contributed by atoms with Gasteiger partial charge in [0.05, 0.1) is 5.41 Å². The second-order valence-electron chi connectivity index (χ2n) is 5.66. The van der Waals surface area contributed by atoms with Crippen molar-refractivity contribution in [3.8, 4) is 0 Å². The van der Waals surface area contributed by atoms with Gasteiger partial charge >= 0.3 is 5.97 Å². The fourth-order valence-corrected chi connectivity index (χ4v) is 2.14. The summed E-state index contributed by atoms with van der Waals surface area (Å²) in [6.45, 7) is 5.17. The van der Waals surface area contributed by atoms with Gasteiger partial charge in [-0.25, -0.2) is 4.39 Å². The van der Waals surface area contributed by atoms with Crippen LogP contribution < -0.4 is 5.32 Å². The van der Waals surface area contributed by atoms with Crippen molar-refractivity contribution in [2.24, 2.45) is 5.92 Å². The van der Waals surface area contributed by atoms with Crippen LogP contribution in [0.1, 0.15) is 32.8 Å². The molecule has 21 heavy (non-hydrogen) atoms. The molecule has 4 nitrogen and oxygen atoms in total. The smallest absolute Gasteiger partial charge is 0.303 e. The summed E-state index contributed by atoms with van der Waals surface area (Å²) in [5, 5.41) is 11.6. The zero-order valence-corrected chi connectivity index (χ0v) is 13.0. The highest BCUT2D eigenvalue weighted by Crippen LogP contribution is 2.28. The fraction of sp³-hybridized carbons (Fsp3) is 0.467. The SMILES string of the molecule is CC(CNC(=O)C(C)(C)c1ccc(Cl)cc1F)CC(=O)O. The van der Waals surface area contributed by atoms with Crippen molar-refractivity contribution >= 4 is 23.5 Å².